The van der Waals surface area contributed by atoms with E-state index in [0.29, 0.717) is 18.1 Å². The van der Waals surface area contributed by atoms with E-state index < -0.39 is 0 Å². The first kappa shape index (κ1) is 16.4. The maximum Gasteiger partial charge on any atom is 0.274 e. The zero-order chi connectivity index (χ0) is 17.8. The summed E-state index contributed by atoms with van der Waals surface area (Å²) in [5.41, 5.74) is 1.57. The average Bonchev–Trinajstić information content (AvgIpc) is 3.17. The van der Waals surface area contributed by atoms with E-state index in [4.69, 9.17) is 4.42 Å². The van der Waals surface area contributed by atoms with Gasteiger partial charge in [-0.25, -0.2) is 9.97 Å². The third kappa shape index (κ3) is 3.64. The van der Waals surface area contributed by atoms with Gasteiger partial charge in [-0.2, -0.15) is 0 Å². The average molecular weight is 348 g/mol. The fourth-order valence-corrected chi connectivity index (χ4v) is 3.32. The van der Waals surface area contributed by atoms with Crippen molar-refractivity contribution >= 4 is 5.91 Å². The van der Waals surface area contributed by atoms with Gasteiger partial charge in [0.15, 0.2) is 5.89 Å². The van der Waals surface area contributed by atoms with E-state index >= 15 is 0 Å². The van der Waals surface area contributed by atoms with Crippen LogP contribution in [-0.2, 0) is 6.42 Å². The van der Waals surface area contributed by atoms with Gasteiger partial charge >= 0.3 is 0 Å². The van der Waals surface area contributed by atoms with Crippen LogP contribution in [0.3, 0.4) is 0 Å². The van der Waals surface area contributed by atoms with Crippen molar-refractivity contribution in [1.82, 2.24) is 19.9 Å². The topological polar surface area (TPSA) is 72.1 Å². The Balaban J connectivity index is 1.44. The number of nitrogens with zero attached hydrogens (tertiary/aromatic N) is 4. The van der Waals surface area contributed by atoms with Crippen LogP contribution in [0.4, 0.5) is 0 Å². The van der Waals surface area contributed by atoms with Crippen LogP contribution in [0.15, 0.2) is 59.5 Å². The van der Waals surface area contributed by atoms with E-state index in [1.54, 1.807) is 18.6 Å². The summed E-state index contributed by atoms with van der Waals surface area (Å²) in [6, 6.07) is 10.2. The predicted octanol–water partition coefficient (Wildman–Crippen LogP) is 3.08. The number of amides is 1. The monoisotopic (exact) mass is 348 g/mol. The van der Waals surface area contributed by atoms with Crippen molar-refractivity contribution in [2.75, 3.05) is 13.1 Å². The lowest BCUT2D eigenvalue weighted by atomic mass is 9.98. The predicted molar refractivity (Wildman–Crippen MR) is 95.7 cm³/mol. The SMILES string of the molecule is O=C(c1cnccn1)N1CCC[C@H](c2ncc(Cc3ccccc3)o2)C1. The van der Waals surface area contributed by atoms with E-state index in [0.717, 1.165) is 31.6 Å². The Hall–Kier alpha value is -3.02. The molecule has 1 fully saturated rings. The van der Waals surface area contributed by atoms with Gasteiger partial charge in [-0.3, -0.25) is 9.78 Å². The van der Waals surface area contributed by atoms with Gasteiger partial charge in [0, 0.05) is 31.9 Å². The number of piperidine rings is 1. The van der Waals surface area contributed by atoms with Crippen LogP contribution in [0.2, 0.25) is 0 Å². The molecule has 1 atom stereocenters. The first-order valence-corrected chi connectivity index (χ1v) is 8.83. The first-order valence-electron chi connectivity index (χ1n) is 8.83. The standard InChI is InChI=1S/C20H20N4O2/c25-20(18-13-21-8-9-22-18)24-10-4-7-16(14-24)19-23-12-17(26-19)11-15-5-2-1-3-6-15/h1-3,5-6,8-9,12-13,16H,4,7,10-11,14H2/t16-/m0/s1. The van der Waals surface area contributed by atoms with Crippen LogP contribution in [0.25, 0.3) is 0 Å². The van der Waals surface area contributed by atoms with E-state index in [1.165, 1.54) is 11.8 Å². The number of hydrogen-bond acceptors (Lipinski definition) is 5. The van der Waals surface area contributed by atoms with Gasteiger partial charge in [-0.05, 0) is 18.4 Å². The Kier molecular flexibility index (Phi) is 4.73. The summed E-state index contributed by atoms with van der Waals surface area (Å²) < 4.78 is 5.98. The quantitative estimate of drug-likeness (QED) is 0.724. The molecule has 0 radical (unpaired) electrons. The van der Waals surface area contributed by atoms with Gasteiger partial charge in [-0.15, -0.1) is 0 Å². The lowest BCUT2D eigenvalue weighted by Gasteiger charge is -2.30. The zero-order valence-corrected chi connectivity index (χ0v) is 14.4. The van der Waals surface area contributed by atoms with Crippen LogP contribution in [-0.4, -0.2) is 38.8 Å². The second-order valence-electron chi connectivity index (χ2n) is 6.51. The minimum atomic E-state index is -0.0844. The first-order chi connectivity index (χ1) is 12.8. The zero-order valence-electron chi connectivity index (χ0n) is 14.4. The summed E-state index contributed by atoms with van der Waals surface area (Å²) in [4.78, 5) is 27.0. The van der Waals surface area contributed by atoms with E-state index in [-0.39, 0.29) is 11.8 Å². The minimum Gasteiger partial charge on any atom is -0.445 e. The van der Waals surface area contributed by atoms with Crippen molar-refractivity contribution in [2.45, 2.75) is 25.2 Å². The fourth-order valence-electron chi connectivity index (χ4n) is 3.32. The van der Waals surface area contributed by atoms with E-state index in [1.807, 2.05) is 23.1 Å². The summed E-state index contributed by atoms with van der Waals surface area (Å²) in [5, 5.41) is 0. The molecule has 0 unspecified atom stereocenters. The van der Waals surface area contributed by atoms with Crippen LogP contribution in [0, 0.1) is 0 Å². The molecular formula is C20H20N4O2. The molecule has 1 aliphatic rings. The number of likely N-dealkylation sites (tertiary alicyclic amines) is 1. The smallest absolute Gasteiger partial charge is 0.274 e. The molecule has 1 aliphatic heterocycles. The third-order valence-electron chi connectivity index (χ3n) is 4.63. The van der Waals surface area contributed by atoms with Crippen molar-refractivity contribution in [3.63, 3.8) is 0 Å². The van der Waals surface area contributed by atoms with Crippen molar-refractivity contribution in [2.24, 2.45) is 0 Å². The maximum atomic E-state index is 12.6. The summed E-state index contributed by atoms with van der Waals surface area (Å²) in [5.74, 6) is 1.60. The number of benzene rings is 1. The molecule has 1 saturated heterocycles. The second-order valence-corrected chi connectivity index (χ2v) is 6.51. The van der Waals surface area contributed by atoms with Crippen molar-refractivity contribution in [1.29, 1.82) is 0 Å². The van der Waals surface area contributed by atoms with Crippen LogP contribution >= 0.6 is 0 Å². The van der Waals surface area contributed by atoms with Gasteiger partial charge in [-0.1, -0.05) is 30.3 Å². The number of carbonyl (C=O) groups excluding carboxylic acids is 1. The highest BCUT2D eigenvalue weighted by Crippen LogP contribution is 2.27. The molecule has 0 spiro atoms. The van der Waals surface area contributed by atoms with Crippen LogP contribution in [0.1, 0.15) is 46.5 Å². The molecule has 1 amide bonds. The molecule has 2 aromatic heterocycles. The number of rotatable bonds is 4. The number of aromatic nitrogens is 3. The van der Waals surface area contributed by atoms with Gasteiger partial charge in [0.05, 0.1) is 18.3 Å². The molecule has 3 heterocycles. The van der Waals surface area contributed by atoms with Gasteiger partial charge < -0.3 is 9.32 Å². The second kappa shape index (κ2) is 7.47. The maximum absolute atomic E-state index is 12.6. The Morgan fingerprint density at radius 3 is 2.85 bits per heavy atom. The molecule has 3 aromatic rings. The summed E-state index contributed by atoms with van der Waals surface area (Å²) in [7, 11) is 0. The Morgan fingerprint density at radius 2 is 2.04 bits per heavy atom. The Bertz CT molecular complexity index is 864. The molecule has 0 saturated carbocycles. The fraction of sp³-hybridized carbons (Fsp3) is 0.300. The highest BCUT2D eigenvalue weighted by atomic mass is 16.4. The van der Waals surface area contributed by atoms with Gasteiger partial charge in [0.25, 0.3) is 5.91 Å². The molecule has 0 aliphatic carbocycles. The molecular weight excluding hydrogens is 328 g/mol. The van der Waals surface area contributed by atoms with E-state index in [2.05, 4.69) is 27.1 Å². The highest BCUT2D eigenvalue weighted by molar-refractivity contribution is 5.92. The molecule has 0 N–H and O–H groups in total. The molecule has 6 nitrogen and oxygen atoms in total. The minimum absolute atomic E-state index is 0.0844. The molecule has 0 bridgehead atoms. The van der Waals surface area contributed by atoms with Crippen molar-refractivity contribution in [3.8, 4) is 0 Å². The molecule has 4 rings (SSSR count). The highest BCUT2D eigenvalue weighted by Gasteiger charge is 2.29. The molecule has 132 valence electrons. The molecule has 1 aromatic carbocycles. The van der Waals surface area contributed by atoms with Crippen LogP contribution in [0.5, 0.6) is 0 Å². The largest absolute Gasteiger partial charge is 0.445 e. The normalized spacial score (nSPS) is 17.2. The summed E-state index contributed by atoms with van der Waals surface area (Å²) >= 11 is 0. The summed E-state index contributed by atoms with van der Waals surface area (Å²) in [6.07, 6.45) is 9.03. The molecule has 26 heavy (non-hydrogen) atoms. The Morgan fingerprint density at radius 1 is 1.15 bits per heavy atom. The van der Waals surface area contributed by atoms with Crippen molar-refractivity contribution < 1.29 is 9.21 Å². The lowest BCUT2D eigenvalue weighted by molar-refractivity contribution is 0.0691. The number of oxazole rings is 1. The van der Waals surface area contributed by atoms with Crippen LogP contribution < -0.4 is 0 Å². The Labute approximate surface area is 151 Å². The van der Waals surface area contributed by atoms with Crippen molar-refractivity contribution in [3.05, 3.63) is 78.0 Å². The summed E-state index contributed by atoms with van der Waals surface area (Å²) in [6.45, 7) is 1.32. The van der Waals surface area contributed by atoms with Gasteiger partial charge in [0.2, 0.25) is 0 Å². The number of hydrogen-bond donors (Lipinski definition) is 0. The third-order valence-corrected chi connectivity index (χ3v) is 4.63. The van der Waals surface area contributed by atoms with E-state index in [9.17, 15) is 4.79 Å². The molecule has 6 heteroatoms. The van der Waals surface area contributed by atoms with Gasteiger partial charge in [0.1, 0.15) is 11.5 Å². The lowest BCUT2D eigenvalue weighted by Crippen LogP contribution is -2.39. The number of carbonyl (C=O) groups is 1.